The van der Waals surface area contributed by atoms with Crippen LogP contribution >= 0.6 is 12.4 Å². The SMILES string of the molecule is Cl.NC(C(=O)NCC1(c2cccc(C(F)(F)F)c2)CC1)c1ccccc1. The van der Waals surface area contributed by atoms with Crippen molar-refractivity contribution in [1.82, 2.24) is 5.32 Å². The summed E-state index contributed by atoms with van der Waals surface area (Å²) >= 11 is 0. The lowest BCUT2D eigenvalue weighted by molar-refractivity contribution is -0.137. The molecule has 7 heteroatoms. The lowest BCUT2D eigenvalue weighted by atomic mass is 9.94. The number of rotatable bonds is 5. The van der Waals surface area contributed by atoms with Crippen molar-refractivity contribution in [3.8, 4) is 0 Å². The number of benzene rings is 2. The molecule has 1 amide bonds. The number of halogens is 4. The number of hydrogen-bond donors (Lipinski definition) is 2. The van der Waals surface area contributed by atoms with Crippen LogP contribution < -0.4 is 11.1 Å². The minimum Gasteiger partial charge on any atom is -0.354 e. The summed E-state index contributed by atoms with van der Waals surface area (Å²) < 4.78 is 38.7. The second-order valence-corrected chi connectivity index (χ2v) is 6.47. The van der Waals surface area contributed by atoms with E-state index in [1.54, 1.807) is 30.3 Å². The Balaban J connectivity index is 0.00000243. The van der Waals surface area contributed by atoms with Gasteiger partial charge in [-0.1, -0.05) is 48.5 Å². The highest BCUT2D eigenvalue weighted by Crippen LogP contribution is 2.48. The van der Waals surface area contributed by atoms with Gasteiger partial charge < -0.3 is 11.1 Å². The van der Waals surface area contributed by atoms with Gasteiger partial charge in [-0.15, -0.1) is 12.4 Å². The van der Waals surface area contributed by atoms with Crippen molar-refractivity contribution in [2.24, 2.45) is 5.73 Å². The fourth-order valence-electron chi connectivity index (χ4n) is 2.92. The Kier molecular flexibility index (Phi) is 5.98. The summed E-state index contributed by atoms with van der Waals surface area (Å²) in [5.41, 5.74) is 6.17. The van der Waals surface area contributed by atoms with Gasteiger partial charge >= 0.3 is 6.18 Å². The zero-order valence-electron chi connectivity index (χ0n) is 13.9. The van der Waals surface area contributed by atoms with E-state index in [9.17, 15) is 18.0 Å². The van der Waals surface area contributed by atoms with E-state index in [4.69, 9.17) is 5.73 Å². The minimum absolute atomic E-state index is 0. The van der Waals surface area contributed by atoms with Crippen molar-refractivity contribution < 1.29 is 18.0 Å². The van der Waals surface area contributed by atoms with Crippen LogP contribution in [0.5, 0.6) is 0 Å². The largest absolute Gasteiger partial charge is 0.416 e. The molecular formula is C19H20ClF3N2O. The van der Waals surface area contributed by atoms with Gasteiger partial charge in [0.15, 0.2) is 0 Å². The van der Waals surface area contributed by atoms with E-state index < -0.39 is 23.2 Å². The molecule has 1 fully saturated rings. The normalized spacial score (nSPS) is 16.3. The Morgan fingerprint density at radius 3 is 2.35 bits per heavy atom. The molecule has 1 aliphatic carbocycles. The third-order valence-electron chi connectivity index (χ3n) is 4.70. The molecule has 1 atom stereocenters. The summed E-state index contributed by atoms with van der Waals surface area (Å²) in [6.07, 6.45) is -2.88. The van der Waals surface area contributed by atoms with E-state index in [0.29, 0.717) is 11.1 Å². The second kappa shape index (κ2) is 7.68. The Labute approximate surface area is 156 Å². The maximum absolute atomic E-state index is 12.9. The highest BCUT2D eigenvalue weighted by Gasteiger charge is 2.45. The first kappa shape index (κ1) is 20.3. The molecule has 0 aromatic heterocycles. The van der Waals surface area contributed by atoms with Gasteiger partial charge in [0, 0.05) is 12.0 Å². The minimum atomic E-state index is -4.37. The van der Waals surface area contributed by atoms with Crippen LogP contribution in [0, 0.1) is 0 Å². The molecule has 3 nitrogen and oxygen atoms in total. The number of nitrogens with two attached hydrogens (primary N) is 1. The fraction of sp³-hybridized carbons (Fsp3) is 0.316. The first-order valence-corrected chi connectivity index (χ1v) is 8.08. The number of carbonyl (C=O) groups excluding carboxylic acids is 1. The molecule has 2 aromatic carbocycles. The average Bonchev–Trinajstić information content (AvgIpc) is 3.40. The van der Waals surface area contributed by atoms with Gasteiger partial charge in [0.1, 0.15) is 6.04 Å². The Morgan fingerprint density at radius 2 is 1.77 bits per heavy atom. The average molecular weight is 385 g/mol. The summed E-state index contributed by atoms with van der Waals surface area (Å²) in [7, 11) is 0. The third-order valence-corrected chi connectivity index (χ3v) is 4.70. The van der Waals surface area contributed by atoms with Crippen LogP contribution in [0.15, 0.2) is 54.6 Å². The molecule has 1 unspecified atom stereocenters. The smallest absolute Gasteiger partial charge is 0.354 e. The molecular weight excluding hydrogens is 365 g/mol. The lowest BCUT2D eigenvalue weighted by Crippen LogP contribution is -2.38. The van der Waals surface area contributed by atoms with Crippen molar-refractivity contribution in [2.75, 3.05) is 6.54 Å². The molecule has 1 saturated carbocycles. The number of carbonyl (C=O) groups is 1. The highest BCUT2D eigenvalue weighted by atomic mass is 35.5. The molecule has 3 N–H and O–H groups in total. The summed E-state index contributed by atoms with van der Waals surface area (Å²) in [6, 6.07) is 13.5. The van der Waals surface area contributed by atoms with Gasteiger partial charge in [-0.3, -0.25) is 4.79 Å². The molecule has 0 aliphatic heterocycles. The molecule has 0 spiro atoms. The van der Waals surface area contributed by atoms with Crippen LogP contribution in [-0.2, 0) is 16.4 Å². The number of alkyl halides is 3. The molecule has 2 aromatic rings. The van der Waals surface area contributed by atoms with Crippen molar-refractivity contribution in [3.05, 3.63) is 71.3 Å². The van der Waals surface area contributed by atoms with Gasteiger partial charge in [-0.05, 0) is 30.0 Å². The number of amides is 1. The molecule has 26 heavy (non-hydrogen) atoms. The lowest BCUT2D eigenvalue weighted by Gasteiger charge is -2.20. The zero-order chi connectivity index (χ0) is 18.1. The molecule has 140 valence electrons. The monoisotopic (exact) mass is 384 g/mol. The first-order valence-electron chi connectivity index (χ1n) is 8.08. The van der Waals surface area contributed by atoms with Crippen LogP contribution in [0.3, 0.4) is 0 Å². The molecule has 0 heterocycles. The molecule has 0 bridgehead atoms. The quantitative estimate of drug-likeness (QED) is 0.819. The van der Waals surface area contributed by atoms with Gasteiger partial charge in [-0.2, -0.15) is 13.2 Å². The van der Waals surface area contributed by atoms with E-state index in [0.717, 1.165) is 18.9 Å². The number of hydrogen-bond acceptors (Lipinski definition) is 2. The molecule has 0 radical (unpaired) electrons. The van der Waals surface area contributed by atoms with Crippen LogP contribution in [0.2, 0.25) is 0 Å². The zero-order valence-corrected chi connectivity index (χ0v) is 14.7. The predicted molar refractivity (Wildman–Crippen MR) is 96.0 cm³/mol. The summed E-state index contributed by atoms with van der Waals surface area (Å²) in [5.74, 6) is -0.329. The first-order chi connectivity index (χ1) is 11.8. The topological polar surface area (TPSA) is 55.1 Å². The Morgan fingerprint density at radius 1 is 1.12 bits per heavy atom. The van der Waals surface area contributed by atoms with E-state index in [1.807, 2.05) is 6.07 Å². The van der Waals surface area contributed by atoms with E-state index in [1.165, 1.54) is 12.1 Å². The van der Waals surface area contributed by atoms with Crippen molar-refractivity contribution >= 4 is 18.3 Å². The predicted octanol–water partition coefficient (Wildman–Crippen LogP) is 3.98. The van der Waals surface area contributed by atoms with Gasteiger partial charge in [0.05, 0.1) is 5.56 Å². The molecule has 1 aliphatic rings. The third kappa shape index (κ3) is 4.37. The van der Waals surface area contributed by atoms with Crippen molar-refractivity contribution in [2.45, 2.75) is 30.5 Å². The standard InChI is InChI=1S/C19H19F3N2O.ClH/c20-19(21,22)15-8-4-7-14(11-15)18(9-10-18)12-24-17(25)16(23)13-5-2-1-3-6-13;/h1-8,11,16H,9-10,12,23H2,(H,24,25);1H. The maximum atomic E-state index is 12.9. The Bertz CT molecular complexity index is 761. The summed E-state index contributed by atoms with van der Waals surface area (Å²) in [4.78, 5) is 12.3. The van der Waals surface area contributed by atoms with Crippen LogP contribution in [0.1, 0.15) is 35.6 Å². The van der Waals surface area contributed by atoms with Crippen LogP contribution in [-0.4, -0.2) is 12.5 Å². The second-order valence-electron chi connectivity index (χ2n) is 6.47. The van der Waals surface area contributed by atoms with Crippen LogP contribution in [0.4, 0.5) is 13.2 Å². The van der Waals surface area contributed by atoms with Gasteiger partial charge in [-0.25, -0.2) is 0 Å². The fourth-order valence-corrected chi connectivity index (χ4v) is 2.92. The molecule has 3 rings (SSSR count). The summed E-state index contributed by atoms with van der Waals surface area (Å²) in [6.45, 7) is 0.285. The van der Waals surface area contributed by atoms with E-state index in [2.05, 4.69) is 5.32 Å². The van der Waals surface area contributed by atoms with Crippen molar-refractivity contribution in [1.29, 1.82) is 0 Å². The Hall–Kier alpha value is -2.05. The maximum Gasteiger partial charge on any atom is 0.416 e. The van der Waals surface area contributed by atoms with E-state index in [-0.39, 0.29) is 24.9 Å². The van der Waals surface area contributed by atoms with Gasteiger partial charge in [0.25, 0.3) is 0 Å². The number of nitrogens with one attached hydrogen (secondary N) is 1. The van der Waals surface area contributed by atoms with Crippen molar-refractivity contribution in [3.63, 3.8) is 0 Å². The highest BCUT2D eigenvalue weighted by molar-refractivity contribution is 5.85. The van der Waals surface area contributed by atoms with Crippen LogP contribution in [0.25, 0.3) is 0 Å². The van der Waals surface area contributed by atoms with Gasteiger partial charge in [0.2, 0.25) is 5.91 Å². The summed E-state index contributed by atoms with van der Waals surface area (Å²) in [5, 5.41) is 2.80. The van der Waals surface area contributed by atoms with E-state index >= 15 is 0 Å². The molecule has 0 saturated heterocycles.